The van der Waals surface area contributed by atoms with Crippen LogP contribution < -0.4 is 0 Å². The van der Waals surface area contributed by atoms with E-state index < -0.39 is 0 Å². The van der Waals surface area contributed by atoms with Gasteiger partial charge in [0.15, 0.2) is 0 Å². The fourth-order valence-electron chi connectivity index (χ4n) is 1.42. The quantitative estimate of drug-likeness (QED) is 0.345. The van der Waals surface area contributed by atoms with Crippen LogP contribution in [0, 0.1) is 0 Å². The first-order valence-electron chi connectivity index (χ1n) is 4.43. The van der Waals surface area contributed by atoms with Gasteiger partial charge in [-0.15, -0.1) is 0 Å². The van der Waals surface area contributed by atoms with E-state index in [0.717, 1.165) is 23.4 Å². The van der Waals surface area contributed by atoms with Gasteiger partial charge in [-0.1, -0.05) is 6.92 Å². The summed E-state index contributed by atoms with van der Waals surface area (Å²) in [6.07, 6.45) is 1.16. The minimum Gasteiger partial charge on any atom is -0.314 e. The molecule has 0 spiro atoms. The second-order valence-electron chi connectivity index (χ2n) is 3.96. The lowest BCUT2D eigenvalue weighted by Crippen LogP contribution is -2.50. The molecule has 0 bridgehead atoms. The Balaban J connectivity index is 4.37. The van der Waals surface area contributed by atoms with Crippen LogP contribution in [0.2, 0.25) is 0 Å². The van der Waals surface area contributed by atoms with Crippen LogP contribution >= 0.6 is 0 Å². The zero-order valence-corrected chi connectivity index (χ0v) is 9.26. The first kappa shape index (κ1) is 11.4. The summed E-state index contributed by atoms with van der Waals surface area (Å²) in [6.45, 7) is 3.25. The van der Waals surface area contributed by atoms with E-state index in [1.165, 1.54) is 0 Å². The SMILES string of the molecule is CCCN(C)/C(=N\C)[N+](C)(C)C. The van der Waals surface area contributed by atoms with Crippen molar-refractivity contribution in [3.63, 3.8) is 0 Å². The van der Waals surface area contributed by atoms with Gasteiger partial charge in [0.2, 0.25) is 0 Å². The molecule has 0 N–H and O–H groups in total. The summed E-state index contributed by atoms with van der Waals surface area (Å²) >= 11 is 0. The molecule has 0 aliphatic carbocycles. The third-order valence-electron chi connectivity index (χ3n) is 1.70. The van der Waals surface area contributed by atoms with Gasteiger partial charge in [-0.3, -0.25) is 4.48 Å². The molecule has 0 aromatic heterocycles. The fourth-order valence-corrected chi connectivity index (χ4v) is 1.42. The highest BCUT2D eigenvalue weighted by atomic mass is 15.4. The molecule has 72 valence electrons. The summed E-state index contributed by atoms with van der Waals surface area (Å²) in [4.78, 5) is 6.50. The van der Waals surface area contributed by atoms with Gasteiger partial charge in [0.1, 0.15) is 0 Å². The summed E-state index contributed by atoms with van der Waals surface area (Å²) in [5.74, 6) is 1.12. The van der Waals surface area contributed by atoms with Crippen LogP contribution in [0.15, 0.2) is 4.99 Å². The molecule has 3 heteroatoms. The van der Waals surface area contributed by atoms with E-state index in [1.807, 2.05) is 7.05 Å². The standard InChI is InChI=1S/C9H22N3/c1-7-8-11(3)9(10-2)12(4,5)6/h7-8H2,1-6H3/q+1/b10-9+. The predicted molar refractivity (Wildman–Crippen MR) is 54.3 cm³/mol. The fraction of sp³-hybridized carbons (Fsp3) is 0.889. The molecule has 0 unspecified atom stereocenters. The van der Waals surface area contributed by atoms with Crippen LogP contribution in [0.25, 0.3) is 0 Å². The Morgan fingerprint density at radius 3 is 2.08 bits per heavy atom. The number of hydrogen-bond donors (Lipinski definition) is 0. The molecular formula is C9H22N3+. The van der Waals surface area contributed by atoms with Crippen molar-refractivity contribution in [2.24, 2.45) is 4.99 Å². The lowest BCUT2D eigenvalue weighted by atomic mass is 10.4. The van der Waals surface area contributed by atoms with E-state index in [4.69, 9.17) is 0 Å². The van der Waals surface area contributed by atoms with Crippen molar-refractivity contribution in [1.29, 1.82) is 0 Å². The zero-order chi connectivity index (χ0) is 9.78. The molecule has 0 aromatic rings. The molecule has 3 nitrogen and oxygen atoms in total. The van der Waals surface area contributed by atoms with Gasteiger partial charge in [0.05, 0.1) is 21.1 Å². The van der Waals surface area contributed by atoms with Crippen molar-refractivity contribution in [2.75, 3.05) is 41.8 Å². The third kappa shape index (κ3) is 3.22. The van der Waals surface area contributed by atoms with Crippen LogP contribution in [-0.2, 0) is 0 Å². The Hall–Kier alpha value is -0.570. The summed E-state index contributed by atoms with van der Waals surface area (Å²) < 4.78 is 0.785. The molecule has 0 atom stereocenters. The highest BCUT2D eigenvalue weighted by Crippen LogP contribution is 2.00. The van der Waals surface area contributed by atoms with Gasteiger partial charge in [0, 0.05) is 20.6 Å². The van der Waals surface area contributed by atoms with Gasteiger partial charge in [-0.25, -0.2) is 4.99 Å². The van der Waals surface area contributed by atoms with Crippen molar-refractivity contribution in [2.45, 2.75) is 13.3 Å². The normalized spacial score (nSPS) is 13.3. The van der Waals surface area contributed by atoms with E-state index in [2.05, 4.69) is 45.0 Å². The van der Waals surface area contributed by atoms with Crippen molar-refractivity contribution < 1.29 is 4.48 Å². The molecule has 0 aromatic carbocycles. The molecule has 0 saturated heterocycles. The Morgan fingerprint density at radius 2 is 1.83 bits per heavy atom. The lowest BCUT2D eigenvalue weighted by molar-refractivity contribution is -0.782. The molecule has 0 saturated carbocycles. The average Bonchev–Trinajstić information content (AvgIpc) is 1.85. The second kappa shape index (κ2) is 4.45. The monoisotopic (exact) mass is 172 g/mol. The van der Waals surface area contributed by atoms with Crippen LogP contribution in [0.3, 0.4) is 0 Å². The first-order valence-corrected chi connectivity index (χ1v) is 4.43. The Bertz CT molecular complexity index is 156. The van der Waals surface area contributed by atoms with Gasteiger partial charge in [-0.05, 0) is 6.42 Å². The van der Waals surface area contributed by atoms with Gasteiger partial charge in [0.25, 0.3) is 5.96 Å². The smallest absolute Gasteiger partial charge is 0.299 e. The third-order valence-corrected chi connectivity index (χ3v) is 1.70. The van der Waals surface area contributed by atoms with Crippen LogP contribution in [0.1, 0.15) is 13.3 Å². The topological polar surface area (TPSA) is 15.6 Å². The molecule has 0 aliphatic rings. The van der Waals surface area contributed by atoms with Gasteiger partial charge < -0.3 is 4.90 Å². The first-order chi connectivity index (χ1) is 5.43. The Labute approximate surface area is 76.3 Å². The molecule has 0 amide bonds. The van der Waals surface area contributed by atoms with Crippen LogP contribution in [-0.4, -0.2) is 57.1 Å². The number of aliphatic imine (C=N–C) groups is 1. The van der Waals surface area contributed by atoms with E-state index in [-0.39, 0.29) is 0 Å². The Kier molecular flexibility index (Phi) is 4.24. The zero-order valence-electron chi connectivity index (χ0n) is 9.26. The van der Waals surface area contributed by atoms with Gasteiger partial charge in [-0.2, -0.15) is 0 Å². The van der Waals surface area contributed by atoms with Crippen molar-refractivity contribution in [3.05, 3.63) is 0 Å². The highest BCUT2D eigenvalue weighted by molar-refractivity contribution is 5.72. The van der Waals surface area contributed by atoms with Gasteiger partial charge >= 0.3 is 0 Å². The lowest BCUT2D eigenvalue weighted by Gasteiger charge is -2.30. The molecule has 0 fully saturated rings. The van der Waals surface area contributed by atoms with E-state index in [1.54, 1.807) is 0 Å². The second-order valence-corrected chi connectivity index (χ2v) is 3.96. The summed E-state index contributed by atoms with van der Waals surface area (Å²) in [5, 5.41) is 0. The number of quaternary nitrogens is 1. The summed E-state index contributed by atoms with van der Waals surface area (Å²) in [5.41, 5.74) is 0. The molecule has 0 rings (SSSR count). The van der Waals surface area contributed by atoms with E-state index in [0.29, 0.717) is 0 Å². The Morgan fingerprint density at radius 1 is 1.33 bits per heavy atom. The van der Waals surface area contributed by atoms with E-state index in [9.17, 15) is 0 Å². The van der Waals surface area contributed by atoms with Crippen molar-refractivity contribution in [3.8, 4) is 0 Å². The number of rotatable bonds is 2. The molecule has 0 radical (unpaired) electrons. The number of hydrogen-bond acceptors (Lipinski definition) is 1. The molecule has 0 heterocycles. The number of nitrogens with zero attached hydrogens (tertiary/aromatic N) is 3. The predicted octanol–water partition coefficient (Wildman–Crippen LogP) is 1.02. The molecule has 12 heavy (non-hydrogen) atoms. The maximum atomic E-state index is 4.29. The van der Waals surface area contributed by atoms with Crippen LogP contribution in [0.5, 0.6) is 0 Å². The maximum Gasteiger partial charge on any atom is 0.299 e. The van der Waals surface area contributed by atoms with Crippen molar-refractivity contribution in [1.82, 2.24) is 4.90 Å². The van der Waals surface area contributed by atoms with E-state index >= 15 is 0 Å². The minimum absolute atomic E-state index is 0.785. The molecular weight excluding hydrogens is 150 g/mol. The largest absolute Gasteiger partial charge is 0.314 e. The maximum absolute atomic E-state index is 4.29. The summed E-state index contributed by atoms with van der Waals surface area (Å²) in [7, 11) is 10.3. The average molecular weight is 172 g/mol. The number of guanidine groups is 1. The van der Waals surface area contributed by atoms with Crippen molar-refractivity contribution >= 4 is 5.96 Å². The highest BCUT2D eigenvalue weighted by Gasteiger charge is 2.20. The molecule has 0 aliphatic heterocycles. The summed E-state index contributed by atoms with van der Waals surface area (Å²) in [6, 6.07) is 0. The minimum atomic E-state index is 0.785. The van der Waals surface area contributed by atoms with Crippen LogP contribution in [0.4, 0.5) is 0 Å².